The van der Waals surface area contributed by atoms with Gasteiger partial charge in [0.15, 0.2) is 0 Å². The Morgan fingerprint density at radius 1 is 0.733 bits per heavy atom. The van der Waals surface area contributed by atoms with Crippen LogP contribution in [0.15, 0.2) is 83.3 Å². The number of anilines is 2. The summed E-state index contributed by atoms with van der Waals surface area (Å²) in [5.74, 6) is -0.372. The predicted molar refractivity (Wildman–Crippen MR) is 114 cm³/mol. The van der Waals surface area contributed by atoms with Crippen molar-refractivity contribution in [3.8, 4) is 11.5 Å². The molecule has 0 unspecified atom stereocenters. The molecule has 0 saturated carbocycles. The van der Waals surface area contributed by atoms with Gasteiger partial charge in [-0.15, -0.1) is 5.10 Å². The van der Waals surface area contributed by atoms with Crippen LogP contribution in [0.2, 0.25) is 5.02 Å². The number of hydrogen-bond acceptors (Lipinski definition) is 5. The fourth-order valence-electron chi connectivity index (χ4n) is 2.65. The van der Waals surface area contributed by atoms with E-state index >= 15 is 0 Å². The molecule has 2 N–H and O–H groups in total. The van der Waals surface area contributed by atoms with Crippen molar-refractivity contribution >= 4 is 35.1 Å². The average molecular weight is 419 g/mol. The average Bonchev–Trinajstić information content (AvgIpc) is 3.24. The van der Waals surface area contributed by atoms with Gasteiger partial charge >= 0.3 is 6.01 Å². The van der Waals surface area contributed by atoms with Crippen LogP contribution in [0.1, 0.15) is 20.7 Å². The number of nitrogens with zero attached hydrogens (tertiary/aromatic N) is 2. The molecular weight excluding hydrogens is 404 g/mol. The molecule has 1 heterocycles. The number of nitrogens with one attached hydrogen (secondary N) is 2. The van der Waals surface area contributed by atoms with Gasteiger partial charge in [-0.2, -0.15) is 0 Å². The molecule has 0 radical (unpaired) electrons. The van der Waals surface area contributed by atoms with Crippen molar-refractivity contribution in [2.75, 3.05) is 10.6 Å². The lowest BCUT2D eigenvalue weighted by atomic mass is 10.1. The van der Waals surface area contributed by atoms with Crippen molar-refractivity contribution in [2.45, 2.75) is 0 Å². The summed E-state index contributed by atoms with van der Waals surface area (Å²) in [5.41, 5.74) is 2.16. The Morgan fingerprint density at radius 3 is 2.00 bits per heavy atom. The highest BCUT2D eigenvalue weighted by Crippen LogP contribution is 2.20. The van der Waals surface area contributed by atoms with Gasteiger partial charge in [-0.3, -0.25) is 14.9 Å². The number of aromatic nitrogens is 2. The fraction of sp³-hybridized carbons (Fsp3) is 0. The van der Waals surface area contributed by atoms with E-state index in [9.17, 15) is 9.59 Å². The normalized spacial score (nSPS) is 10.4. The van der Waals surface area contributed by atoms with E-state index < -0.39 is 5.91 Å². The monoisotopic (exact) mass is 418 g/mol. The third-order valence-corrected chi connectivity index (χ3v) is 4.43. The molecule has 0 saturated heterocycles. The molecule has 2 amide bonds. The molecular formula is C22H15ClN4O3. The van der Waals surface area contributed by atoms with Gasteiger partial charge in [0.2, 0.25) is 5.89 Å². The Bertz CT molecular complexity index is 1170. The van der Waals surface area contributed by atoms with E-state index in [2.05, 4.69) is 20.8 Å². The molecule has 0 fully saturated rings. The van der Waals surface area contributed by atoms with E-state index in [0.717, 1.165) is 5.56 Å². The van der Waals surface area contributed by atoms with Crippen molar-refractivity contribution in [3.63, 3.8) is 0 Å². The first-order valence-electron chi connectivity index (χ1n) is 8.96. The topological polar surface area (TPSA) is 97.1 Å². The molecule has 0 aliphatic carbocycles. The van der Waals surface area contributed by atoms with Crippen LogP contribution in [-0.4, -0.2) is 22.0 Å². The van der Waals surface area contributed by atoms with Crippen LogP contribution in [0.25, 0.3) is 11.5 Å². The van der Waals surface area contributed by atoms with Gasteiger partial charge in [0, 0.05) is 27.4 Å². The third kappa shape index (κ3) is 4.53. The first-order valence-corrected chi connectivity index (χ1v) is 9.33. The lowest BCUT2D eigenvalue weighted by Crippen LogP contribution is -2.13. The summed E-state index contributed by atoms with van der Waals surface area (Å²) >= 11 is 5.83. The molecule has 0 bridgehead atoms. The van der Waals surface area contributed by atoms with E-state index in [-0.39, 0.29) is 11.9 Å². The van der Waals surface area contributed by atoms with E-state index in [1.165, 1.54) is 0 Å². The molecule has 0 aliphatic rings. The number of carbonyl (C=O) groups excluding carboxylic acids is 2. The number of halogens is 1. The maximum atomic E-state index is 12.4. The van der Waals surface area contributed by atoms with Crippen molar-refractivity contribution in [2.24, 2.45) is 0 Å². The lowest BCUT2D eigenvalue weighted by molar-refractivity contribution is 0.101. The van der Waals surface area contributed by atoms with E-state index in [0.29, 0.717) is 27.7 Å². The smallest absolute Gasteiger partial charge is 0.322 e. The summed E-state index contributed by atoms with van der Waals surface area (Å²) in [6.07, 6.45) is 0. The summed E-state index contributed by atoms with van der Waals surface area (Å²) in [6, 6.07) is 22.2. The second kappa shape index (κ2) is 8.59. The van der Waals surface area contributed by atoms with E-state index in [1.807, 2.05) is 30.3 Å². The summed E-state index contributed by atoms with van der Waals surface area (Å²) in [5, 5.41) is 13.6. The van der Waals surface area contributed by atoms with E-state index in [1.54, 1.807) is 48.5 Å². The molecule has 4 rings (SSSR count). The number of carbonyl (C=O) groups is 2. The largest absolute Gasteiger partial charge is 0.403 e. The fourth-order valence-corrected chi connectivity index (χ4v) is 2.78. The van der Waals surface area contributed by atoms with Gasteiger partial charge in [0.05, 0.1) is 0 Å². The first-order chi connectivity index (χ1) is 14.6. The van der Waals surface area contributed by atoms with Crippen LogP contribution in [-0.2, 0) is 0 Å². The van der Waals surface area contributed by atoms with Crippen LogP contribution in [0, 0.1) is 0 Å². The zero-order valence-corrected chi connectivity index (χ0v) is 16.3. The van der Waals surface area contributed by atoms with Gasteiger partial charge in [-0.05, 0) is 60.7 Å². The zero-order chi connectivity index (χ0) is 20.9. The Kier molecular flexibility index (Phi) is 5.54. The van der Waals surface area contributed by atoms with Gasteiger partial charge in [0.25, 0.3) is 11.8 Å². The molecule has 0 aliphatic heterocycles. The van der Waals surface area contributed by atoms with E-state index in [4.69, 9.17) is 16.0 Å². The minimum atomic E-state index is -0.408. The highest BCUT2D eigenvalue weighted by atomic mass is 35.5. The van der Waals surface area contributed by atoms with Crippen molar-refractivity contribution in [1.29, 1.82) is 0 Å². The van der Waals surface area contributed by atoms with Gasteiger partial charge in [0.1, 0.15) is 0 Å². The molecule has 148 valence electrons. The van der Waals surface area contributed by atoms with Crippen LogP contribution in [0.5, 0.6) is 0 Å². The van der Waals surface area contributed by atoms with Crippen molar-refractivity contribution < 1.29 is 14.0 Å². The molecule has 7 nitrogen and oxygen atoms in total. The van der Waals surface area contributed by atoms with Gasteiger partial charge < -0.3 is 9.73 Å². The maximum absolute atomic E-state index is 12.4. The summed E-state index contributed by atoms with van der Waals surface area (Å²) in [4.78, 5) is 24.7. The predicted octanol–water partition coefficient (Wildman–Crippen LogP) is 4.89. The first kappa shape index (κ1) is 19.4. The molecule has 30 heavy (non-hydrogen) atoms. The molecule has 3 aromatic carbocycles. The second-order valence-corrected chi connectivity index (χ2v) is 6.71. The Hall–Kier alpha value is -3.97. The van der Waals surface area contributed by atoms with Gasteiger partial charge in [-0.1, -0.05) is 34.9 Å². The highest BCUT2D eigenvalue weighted by Gasteiger charge is 2.13. The van der Waals surface area contributed by atoms with Crippen LogP contribution < -0.4 is 10.6 Å². The number of rotatable bonds is 5. The molecule has 1 aromatic heterocycles. The molecule has 0 spiro atoms. The lowest BCUT2D eigenvalue weighted by Gasteiger charge is -2.06. The summed E-state index contributed by atoms with van der Waals surface area (Å²) in [6.45, 7) is 0. The highest BCUT2D eigenvalue weighted by molar-refractivity contribution is 6.30. The number of benzene rings is 3. The Balaban J connectivity index is 1.39. The van der Waals surface area contributed by atoms with Crippen molar-refractivity contribution in [3.05, 3.63) is 95.0 Å². The minimum absolute atomic E-state index is 0.000953. The quantitative estimate of drug-likeness (QED) is 0.480. The Labute approximate surface area is 176 Å². The second-order valence-electron chi connectivity index (χ2n) is 6.27. The zero-order valence-electron chi connectivity index (χ0n) is 15.5. The molecule has 8 heteroatoms. The SMILES string of the molecule is O=C(Nc1ccc(C(=O)Nc2nnc(-c3ccccc3)o2)cc1)c1ccc(Cl)cc1. The molecule has 0 atom stereocenters. The standard InChI is InChI=1S/C22H15ClN4O3/c23-17-10-6-14(7-11-17)19(28)24-18-12-8-15(9-13-18)20(29)25-22-27-26-21(30-22)16-4-2-1-3-5-16/h1-13H,(H,24,28)(H,25,27,29). The minimum Gasteiger partial charge on any atom is -0.403 e. The summed E-state index contributed by atoms with van der Waals surface area (Å²) < 4.78 is 5.48. The third-order valence-electron chi connectivity index (χ3n) is 4.18. The Morgan fingerprint density at radius 2 is 1.33 bits per heavy atom. The number of amides is 2. The molecule has 4 aromatic rings. The summed E-state index contributed by atoms with van der Waals surface area (Å²) in [7, 11) is 0. The van der Waals surface area contributed by atoms with Crippen molar-refractivity contribution in [1.82, 2.24) is 10.2 Å². The number of hydrogen-bond donors (Lipinski definition) is 2. The van der Waals surface area contributed by atoms with Gasteiger partial charge in [-0.25, -0.2) is 0 Å². The van der Waals surface area contributed by atoms with Crippen LogP contribution >= 0.6 is 11.6 Å². The maximum Gasteiger partial charge on any atom is 0.322 e. The van der Waals surface area contributed by atoms with Crippen LogP contribution in [0.4, 0.5) is 11.7 Å². The van der Waals surface area contributed by atoms with Crippen LogP contribution in [0.3, 0.4) is 0 Å².